The van der Waals surface area contributed by atoms with Gasteiger partial charge in [-0.3, -0.25) is 9.78 Å². The fourth-order valence-corrected chi connectivity index (χ4v) is 5.29. The van der Waals surface area contributed by atoms with Crippen LogP contribution in [0, 0.1) is 18.7 Å². The highest BCUT2D eigenvalue weighted by atomic mass is 32.2. The van der Waals surface area contributed by atoms with Crippen LogP contribution >= 0.6 is 0 Å². The number of hydrogen-bond donors (Lipinski definition) is 1. The molecule has 2 aliphatic rings. The summed E-state index contributed by atoms with van der Waals surface area (Å²) in [6, 6.07) is 7.34. The van der Waals surface area contributed by atoms with E-state index in [1.54, 1.807) is 30.0 Å². The summed E-state index contributed by atoms with van der Waals surface area (Å²) >= 11 is 0. The highest BCUT2D eigenvalue weighted by Crippen LogP contribution is 2.39. The van der Waals surface area contributed by atoms with E-state index in [9.17, 15) is 17.6 Å². The number of nitrogens with zero attached hydrogens (tertiary/aromatic N) is 2. The molecule has 0 radical (unpaired) electrons. The maximum absolute atomic E-state index is 13.8. The zero-order chi connectivity index (χ0) is 19.2. The van der Waals surface area contributed by atoms with E-state index in [1.807, 2.05) is 0 Å². The van der Waals surface area contributed by atoms with Gasteiger partial charge in [0.15, 0.2) is 0 Å². The van der Waals surface area contributed by atoms with Crippen molar-refractivity contribution >= 4 is 15.9 Å². The van der Waals surface area contributed by atoms with Crippen LogP contribution in [0.4, 0.5) is 4.39 Å². The monoisotopic (exact) mass is 389 g/mol. The molecule has 1 saturated carbocycles. The van der Waals surface area contributed by atoms with Gasteiger partial charge in [-0.2, -0.15) is 0 Å². The Morgan fingerprint density at radius 2 is 2.11 bits per heavy atom. The molecule has 2 heterocycles. The molecule has 1 N–H and O–H groups in total. The SMILES string of the molecule is Cc1ccc(C(=O)N2C[C@@H]3C[C@H]2C[C@@H]3NS(=O)(=O)c2cccnc2)cc1F. The Bertz CT molecular complexity index is 981. The normalized spacial score (nSPS) is 24.4. The van der Waals surface area contributed by atoms with Crippen LogP contribution < -0.4 is 4.72 Å². The number of carbonyl (C=O) groups is 1. The third-order valence-electron chi connectivity index (χ3n) is 5.47. The molecule has 6 nitrogen and oxygen atoms in total. The molecule has 1 aliphatic carbocycles. The number of nitrogens with one attached hydrogen (secondary N) is 1. The van der Waals surface area contributed by atoms with Crippen molar-refractivity contribution in [3.05, 3.63) is 59.7 Å². The van der Waals surface area contributed by atoms with Gasteiger partial charge >= 0.3 is 0 Å². The lowest BCUT2D eigenvalue weighted by Gasteiger charge is -2.32. The van der Waals surface area contributed by atoms with Crippen LogP contribution in [-0.2, 0) is 10.0 Å². The van der Waals surface area contributed by atoms with Crippen molar-refractivity contribution in [2.45, 2.75) is 36.7 Å². The van der Waals surface area contributed by atoms with E-state index in [0.29, 0.717) is 24.1 Å². The first-order chi connectivity index (χ1) is 12.8. The minimum absolute atomic E-state index is 0.0338. The second-order valence-corrected chi connectivity index (χ2v) is 8.94. The minimum atomic E-state index is -3.63. The lowest BCUT2D eigenvalue weighted by molar-refractivity contribution is 0.0691. The first-order valence-corrected chi connectivity index (χ1v) is 10.3. The van der Waals surface area contributed by atoms with Crippen LogP contribution in [0.5, 0.6) is 0 Å². The van der Waals surface area contributed by atoms with E-state index in [0.717, 1.165) is 6.42 Å². The number of sulfonamides is 1. The molecule has 2 aromatic rings. The van der Waals surface area contributed by atoms with Gasteiger partial charge in [-0.05, 0) is 55.5 Å². The van der Waals surface area contributed by atoms with Crippen molar-refractivity contribution < 1.29 is 17.6 Å². The average molecular weight is 389 g/mol. The highest BCUT2D eigenvalue weighted by Gasteiger charge is 2.47. The summed E-state index contributed by atoms with van der Waals surface area (Å²) in [4.78, 5) is 18.5. The van der Waals surface area contributed by atoms with Gasteiger partial charge < -0.3 is 4.90 Å². The fourth-order valence-electron chi connectivity index (χ4n) is 4.01. The van der Waals surface area contributed by atoms with Crippen LogP contribution in [-0.4, -0.2) is 42.8 Å². The maximum atomic E-state index is 13.8. The second kappa shape index (κ2) is 6.69. The Kier molecular flexibility index (Phi) is 4.47. The Labute approximate surface area is 157 Å². The van der Waals surface area contributed by atoms with Crippen molar-refractivity contribution in [3.63, 3.8) is 0 Å². The van der Waals surface area contributed by atoms with Gasteiger partial charge in [0.25, 0.3) is 5.91 Å². The van der Waals surface area contributed by atoms with Crippen LogP contribution in [0.3, 0.4) is 0 Å². The van der Waals surface area contributed by atoms with Crippen molar-refractivity contribution in [3.8, 4) is 0 Å². The molecular weight excluding hydrogens is 369 g/mol. The Morgan fingerprint density at radius 1 is 1.30 bits per heavy atom. The summed E-state index contributed by atoms with van der Waals surface area (Å²) in [6.45, 7) is 2.12. The van der Waals surface area contributed by atoms with E-state index in [-0.39, 0.29) is 28.8 Å². The van der Waals surface area contributed by atoms with Crippen molar-refractivity contribution in [1.82, 2.24) is 14.6 Å². The third-order valence-corrected chi connectivity index (χ3v) is 6.95. The predicted molar refractivity (Wildman–Crippen MR) is 97.0 cm³/mol. The molecule has 1 aromatic heterocycles. The van der Waals surface area contributed by atoms with Gasteiger partial charge in [-0.1, -0.05) is 6.07 Å². The van der Waals surface area contributed by atoms with Gasteiger partial charge in [-0.25, -0.2) is 17.5 Å². The van der Waals surface area contributed by atoms with Crippen molar-refractivity contribution in [1.29, 1.82) is 0 Å². The van der Waals surface area contributed by atoms with Gasteiger partial charge in [0.05, 0.1) is 0 Å². The number of aryl methyl sites for hydroxylation is 1. The molecule has 2 fully saturated rings. The lowest BCUT2D eigenvalue weighted by Crippen LogP contribution is -2.47. The number of piperidine rings is 1. The van der Waals surface area contributed by atoms with E-state index < -0.39 is 15.8 Å². The van der Waals surface area contributed by atoms with Crippen LogP contribution in [0.15, 0.2) is 47.6 Å². The van der Waals surface area contributed by atoms with Gasteiger partial charge in [-0.15, -0.1) is 0 Å². The van der Waals surface area contributed by atoms with Crippen molar-refractivity contribution in [2.75, 3.05) is 6.54 Å². The van der Waals surface area contributed by atoms with E-state index in [4.69, 9.17) is 0 Å². The highest BCUT2D eigenvalue weighted by molar-refractivity contribution is 7.89. The molecule has 4 rings (SSSR count). The third kappa shape index (κ3) is 3.35. The molecule has 142 valence electrons. The number of carbonyl (C=O) groups excluding carboxylic acids is 1. The zero-order valence-corrected chi connectivity index (χ0v) is 15.6. The van der Waals surface area contributed by atoms with Gasteiger partial charge in [0, 0.05) is 36.6 Å². The number of halogens is 1. The number of fused-ring (bicyclic) bond motifs is 2. The molecule has 1 aliphatic heterocycles. The Hall–Kier alpha value is -2.32. The number of aromatic nitrogens is 1. The average Bonchev–Trinajstić information content (AvgIpc) is 3.24. The number of amides is 1. The number of hydrogen-bond acceptors (Lipinski definition) is 4. The molecule has 27 heavy (non-hydrogen) atoms. The zero-order valence-electron chi connectivity index (χ0n) is 14.8. The maximum Gasteiger partial charge on any atom is 0.254 e. The predicted octanol–water partition coefficient (Wildman–Crippen LogP) is 2.11. The van der Waals surface area contributed by atoms with Gasteiger partial charge in [0.1, 0.15) is 10.7 Å². The van der Waals surface area contributed by atoms with E-state index >= 15 is 0 Å². The first kappa shape index (κ1) is 18.1. The lowest BCUT2D eigenvalue weighted by atomic mass is 10.0. The van der Waals surface area contributed by atoms with E-state index in [1.165, 1.54) is 24.5 Å². The molecule has 1 amide bonds. The summed E-state index contributed by atoms with van der Waals surface area (Å²) in [5, 5.41) is 0. The molecule has 1 aromatic carbocycles. The number of pyridine rings is 1. The minimum Gasteiger partial charge on any atom is -0.335 e. The summed E-state index contributed by atoms with van der Waals surface area (Å²) in [5.74, 6) is -0.539. The Morgan fingerprint density at radius 3 is 2.74 bits per heavy atom. The first-order valence-electron chi connectivity index (χ1n) is 8.84. The molecule has 2 bridgehead atoms. The summed E-state index contributed by atoms with van der Waals surface area (Å²) in [6.07, 6.45) is 4.15. The number of rotatable bonds is 4. The number of likely N-dealkylation sites (tertiary alicyclic amines) is 1. The fraction of sp³-hybridized carbons (Fsp3) is 0.368. The molecular formula is C19H20FN3O3S. The molecule has 8 heteroatoms. The summed E-state index contributed by atoms with van der Waals surface area (Å²) < 4.78 is 41.5. The van der Waals surface area contributed by atoms with Gasteiger partial charge in [0.2, 0.25) is 10.0 Å². The smallest absolute Gasteiger partial charge is 0.254 e. The molecule has 0 unspecified atom stereocenters. The molecule has 1 saturated heterocycles. The topological polar surface area (TPSA) is 79.4 Å². The van der Waals surface area contributed by atoms with Crippen LogP contribution in [0.1, 0.15) is 28.8 Å². The summed E-state index contributed by atoms with van der Waals surface area (Å²) in [5.41, 5.74) is 0.831. The standard InChI is InChI=1S/C19H20FN3O3S/c1-12-4-5-13(8-17(12)20)19(24)23-11-14-7-15(23)9-18(14)22-27(25,26)16-3-2-6-21-10-16/h2-6,8,10,14-15,18,22H,7,9,11H2,1H3/t14-,15-,18-/m0/s1. The van der Waals surface area contributed by atoms with Crippen molar-refractivity contribution in [2.24, 2.45) is 5.92 Å². The Balaban J connectivity index is 1.45. The quantitative estimate of drug-likeness (QED) is 0.869. The summed E-state index contributed by atoms with van der Waals surface area (Å²) in [7, 11) is -3.63. The van der Waals surface area contributed by atoms with E-state index in [2.05, 4.69) is 9.71 Å². The van der Waals surface area contributed by atoms with Crippen LogP contribution in [0.25, 0.3) is 0 Å². The molecule has 0 spiro atoms. The largest absolute Gasteiger partial charge is 0.335 e. The second-order valence-electron chi connectivity index (χ2n) is 7.22. The molecule has 3 atom stereocenters. The van der Waals surface area contributed by atoms with Crippen LogP contribution in [0.2, 0.25) is 0 Å². The number of benzene rings is 1.